The summed E-state index contributed by atoms with van der Waals surface area (Å²) < 4.78 is 6.20. The van der Waals surface area contributed by atoms with Crippen LogP contribution in [0.5, 0.6) is 0 Å². The zero-order valence-electron chi connectivity index (χ0n) is 12.1. The van der Waals surface area contributed by atoms with Crippen molar-refractivity contribution in [3.8, 4) is 0 Å². The quantitative estimate of drug-likeness (QED) is 0.679. The van der Waals surface area contributed by atoms with E-state index in [9.17, 15) is 9.59 Å². The number of oxazole rings is 1. The van der Waals surface area contributed by atoms with E-state index in [0.717, 1.165) is 29.4 Å². The van der Waals surface area contributed by atoms with Gasteiger partial charge in [-0.2, -0.15) is 0 Å². The van der Waals surface area contributed by atoms with Gasteiger partial charge in [0.2, 0.25) is 5.91 Å². The van der Waals surface area contributed by atoms with Gasteiger partial charge in [-0.25, -0.2) is 9.36 Å². The van der Waals surface area contributed by atoms with Crippen molar-refractivity contribution < 1.29 is 9.21 Å². The van der Waals surface area contributed by atoms with Gasteiger partial charge in [0.25, 0.3) is 0 Å². The maximum Gasteiger partial charge on any atom is 0.426 e. The van der Waals surface area contributed by atoms with Crippen LogP contribution in [-0.4, -0.2) is 15.5 Å². The van der Waals surface area contributed by atoms with Gasteiger partial charge in [-0.3, -0.25) is 9.78 Å². The second kappa shape index (κ2) is 6.39. The number of hydrogen-bond donors (Lipinski definition) is 0. The van der Waals surface area contributed by atoms with Gasteiger partial charge in [0.15, 0.2) is 5.58 Å². The Bertz CT molecular complexity index is 834. The maximum absolute atomic E-state index is 12.2. The maximum atomic E-state index is 12.2. The van der Waals surface area contributed by atoms with Crippen LogP contribution in [0.15, 0.2) is 58.0 Å². The van der Waals surface area contributed by atoms with Crippen LogP contribution in [0.2, 0.25) is 0 Å². The molecule has 0 aliphatic rings. The fourth-order valence-corrected chi connectivity index (χ4v) is 2.47. The Morgan fingerprint density at radius 1 is 1.14 bits per heavy atom. The summed E-state index contributed by atoms with van der Waals surface area (Å²) in [7, 11) is 0. The van der Waals surface area contributed by atoms with E-state index >= 15 is 0 Å². The lowest BCUT2D eigenvalue weighted by Gasteiger charge is -2.02. The van der Waals surface area contributed by atoms with Crippen molar-refractivity contribution in [3.63, 3.8) is 0 Å². The van der Waals surface area contributed by atoms with Crippen LogP contribution in [0, 0.1) is 0 Å². The van der Waals surface area contributed by atoms with Crippen LogP contribution in [0.1, 0.15) is 29.6 Å². The van der Waals surface area contributed by atoms with Crippen LogP contribution in [0.25, 0.3) is 11.1 Å². The number of nitrogens with zero attached hydrogens (tertiary/aromatic N) is 2. The van der Waals surface area contributed by atoms with Crippen LogP contribution < -0.4 is 5.76 Å². The Morgan fingerprint density at radius 3 is 2.82 bits per heavy atom. The molecule has 3 aromatic rings. The molecule has 0 aliphatic carbocycles. The molecule has 0 bridgehead atoms. The normalized spacial score (nSPS) is 10.9. The first-order valence-electron chi connectivity index (χ1n) is 7.28. The average molecular weight is 296 g/mol. The minimum atomic E-state index is -0.613. The first kappa shape index (κ1) is 14.3. The second-order valence-electron chi connectivity index (χ2n) is 5.13. The number of carbonyl (C=O) groups is 1. The van der Waals surface area contributed by atoms with Gasteiger partial charge in [-0.1, -0.05) is 18.2 Å². The van der Waals surface area contributed by atoms with Crippen LogP contribution >= 0.6 is 0 Å². The summed E-state index contributed by atoms with van der Waals surface area (Å²) in [6.07, 6.45) is 6.37. The number of pyridine rings is 1. The number of para-hydroxylation sites is 2. The third kappa shape index (κ3) is 2.98. The van der Waals surface area contributed by atoms with Gasteiger partial charge in [0.1, 0.15) is 0 Å². The number of carbonyl (C=O) groups excluding carboxylic acids is 1. The fourth-order valence-electron chi connectivity index (χ4n) is 2.47. The molecule has 112 valence electrons. The Morgan fingerprint density at radius 2 is 2.00 bits per heavy atom. The van der Waals surface area contributed by atoms with Crippen molar-refractivity contribution >= 4 is 17.0 Å². The molecule has 0 radical (unpaired) electrons. The Kier molecular flexibility index (Phi) is 4.14. The molecule has 2 heterocycles. The first-order valence-corrected chi connectivity index (χ1v) is 7.28. The summed E-state index contributed by atoms with van der Waals surface area (Å²) in [5.41, 5.74) is 2.13. The molecule has 0 N–H and O–H groups in total. The van der Waals surface area contributed by atoms with E-state index in [1.165, 1.54) is 0 Å². The van der Waals surface area contributed by atoms with Gasteiger partial charge in [-0.05, 0) is 43.0 Å². The molecule has 5 heteroatoms. The van der Waals surface area contributed by atoms with Crippen LogP contribution in [0.4, 0.5) is 0 Å². The lowest BCUT2D eigenvalue weighted by molar-refractivity contribution is 0.0895. The molecule has 22 heavy (non-hydrogen) atoms. The predicted octanol–water partition coefficient (Wildman–Crippen LogP) is 3.04. The third-order valence-corrected chi connectivity index (χ3v) is 3.56. The smallest absolute Gasteiger partial charge is 0.407 e. The highest BCUT2D eigenvalue weighted by molar-refractivity contribution is 5.88. The lowest BCUT2D eigenvalue weighted by atomic mass is 10.1. The number of benzene rings is 1. The largest absolute Gasteiger partial charge is 0.426 e. The Hall–Kier alpha value is -2.69. The van der Waals surface area contributed by atoms with E-state index < -0.39 is 5.76 Å². The minimum Gasteiger partial charge on any atom is -0.407 e. The molecule has 0 spiro atoms. The van der Waals surface area contributed by atoms with Crippen molar-refractivity contribution in [1.29, 1.82) is 0 Å². The molecular weight excluding hydrogens is 280 g/mol. The van der Waals surface area contributed by atoms with E-state index in [1.54, 1.807) is 30.5 Å². The Balaban J connectivity index is 1.62. The standard InChI is InChI=1S/C17H16N2O3/c20-16(10-4-1-6-13-7-5-11-18-12-13)19-14-8-2-3-9-15(14)22-17(19)21/h2-3,5,7-9,11-12H,1,4,6,10H2. The van der Waals surface area contributed by atoms with Crippen molar-refractivity contribution in [2.45, 2.75) is 25.7 Å². The van der Waals surface area contributed by atoms with E-state index in [0.29, 0.717) is 17.5 Å². The van der Waals surface area contributed by atoms with Crippen molar-refractivity contribution in [1.82, 2.24) is 9.55 Å². The van der Waals surface area contributed by atoms with Gasteiger partial charge < -0.3 is 4.42 Å². The van der Waals surface area contributed by atoms with Crippen molar-refractivity contribution in [2.75, 3.05) is 0 Å². The Labute approximate surface area is 127 Å². The fraction of sp³-hybridized carbons (Fsp3) is 0.235. The number of fused-ring (bicyclic) bond motifs is 1. The minimum absolute atomic E-state index is 0.221. The topological polar surface area (TPSA) is 65.1 Å². The molecule has 2 aromatic heterocycles. The van der Waals surface area contributed by atoms with Crippen LogP contribution in [-0.2, 0) is 6.42 Å². The number of aryl methyl sites for hydroxylation is 1. The summed E-state index contributed by atoms with van der Waals surface area (Å²) in [4.78, 5) is 28.1. The number of aromatic nitrogens is 2. The second-order valence-corrected chi connectivity index (χ2v) is 5.13. The van der Waals surface area contributed by atoms with Crippen LogP contribution in [0.3, 0.4) is 0 Å². The third-order valence-electron chi connectivity index (χ3n) is 3.56. The van der Waals surface area contributed by atoms with Gasteiger partial charge in [-0.15, -0.1) is 0 Å². The van der Waals surface area contributed by atoms with Gasteiger partial charge in [0.05, 0.1) is 5.52 Å². The summed E-state index contributed by atoms with van der Waals surface area (Å²) >= 11 is 0. The molecule has 0 unspecified atom stereocenters. The summed E-state index contributed by atoms with van der Waals surface area (Å²) in [5.74, 6) is -0.834. The average Bonchev–Trinajstić information content (AvgIpc) is 2.88. The van der Waals surface area contributed by atoms with Gasteiger partial charge in [0, 0.05) is 18.8 Å². The molecule has 0 fully saturated rings. The highest BCUT2D eigenvalue weighted by Crippen LogP contribution is 2.13. The molecule has 5 nitrogen and oxygen atoms in total. The van der Waals surface area contributed by atoms with Crippen molar-refractivity contribution in [3.05, 3.63) is 64.9 Å². The number of hydrogen-bond acceptors (Lipinski definition) is 4. The summed E-state index contributed by atoms with van der Waals surface area (Å²) in [6.45, 7) is 0. The molecule has 0 saturated heterocycles. The SMILES string of the molecule is O=C(CCCCc1cccnc1)n1c(=O)oc2ccccc21. The summed E-state index contributed by atoms with van der Waals surface area (Å²) in [5, 5.41) is 0. The number of rotatable bonds is 5. The van der Waals surface area contributed by atoms with E-state index in [-0.39, 0.29) is 5.91 Å². The predicted molar refractivity (Wildman–Crippen MR) is 82.9 cm³/mol. The molecule has 0 amide bonds. The molecule has 1 aromatic carbocycles. The van der Waals surface area contributed by atoms with Gasteiger partial charge >= 0.3 is 5.76 Å². The molecule has 3 rings (SSSR count). The van der Waals surface area contributed by atoms with E-state index in [4.69, 9.17) is 4.42 Å². The monoisotopic (exact) mass is 296 g/mol. The van der Waals surface area contributed by atoms with E-state index in [1.807, 2.05) is 18.3 Å². The summed E-state index contributed by atoms with van der Waals surface area (Å²) in [6, 6.07) is 10.9. The highest BCUT2D eigenvalue weighted by Gasteiger charge is 2.14. The molecule has 0 atom stereocenters. The number of unbranched alkanes of at least 4 members (excludes halogenated alkanes) is 1. The molecular formula is C17H16N2O3. The first-order chi connectivity index (χ1) is 10.8. The lowest BCUT2D eigenvalue weighted by Crippen LogP contribution is -2.22. The zero-order chi connectivity index (χ0) is 15.4. The van der Waals surface area contributed by atoms with Crippen molar-refractivity contribution in [2.24, 2.45) is 0 Å². The zero-order valence-corrected chi connectivity index (χ0v) is 12.1. The van der Waals surface area contributed by atoms with E-state index in [2.05, 4.69) is 4.98 Å². The molecule has 0 aliphatic heterocycles. The molecule has 0 saturated carbocycles. The highest BCUT2D eigenvalue weighted by atomic mass is 16.4.